The molecule has 0 aliphatic heterocycles. The quantitative estimate of drug-likeness (QED) is 0.387. The fourth-order valence-electron chi connectivity index (χ4n) is 1.42. The van der Waals surface area contributed by atoms with E-state index in [4.69, 9.17) is 5.11 Å². The predicted molar refractivity (Wildman–Crippen MR) is 59.9 cm³/mol. The lowest BCUT2D eigenvalue weighted by molar-refractivity contribution is -0.0871. The van der Waals surface area contributed by atoms with Crippen molar-refractivity contribution in [2.75, 3.05) is 0 Å². The maximum absolute atomic E-state index is 9.55. The monoisotopic (exact) mass is 236 g/mol. The van der Waals surface area contributed by atoms with E-state index < -0.39 is 30.5 Å². The topological polar surface area (TPSA) is 101 Å². The molecule has 0 aromatic heterocycles. The van der Waals surface area contributed by atoms with Crippen LogP contribution in [0.3, 0.4) is 0 Å². The number of rotatable bonds is 8. The van der Waals surface area contributed by atoms with Crippen LogP contribution < -0.4 is 0 Å². The van der Waals surface area contributed by atoms with Gasteiger partial charge in [0.15, 0.2) is 0 Å². The summed E-state index contributed by atoms with van der Waals surface area (Å²) in [4.78, 5) is 0. The molecule has 0 saturated carbocycles. The second kappa shape index (κ2) is 7.97. The Kier molecular flexibility index (Phi) is 7.87. The Labute approximate surface area is 96.4 Å². The molecule has 98 valence electrons. The Morgan fingerprint density at radius 1 is 0.875 bits per heavy atom. The molecule has 5 nitrogen and oxygen atoms in total. The molecular weight excluding hydrogens is 212 g/mol. The van der Waals surface area contributed by atoms with Crippen molar-refractivity contribution in [1.82, 2.24) is 0 Å². The SMILES string of the molecule is CCCCC(O)C(O)C(O)CC(O)C(C)O. The van der Waals surface area contributed by atoms with Gasteiger partial charge in [-0.15, -0.1) is 0 Å². The van der Waals surface area contributed by atoms with Gasteiger partial charge in [-0.25, -0.2) is 0 Å². The first-order chi connectivity index (χ1) is 7.40. The minimum Gasteiger partial charge on any atom is -0.391 e. The molecule has 5 N–H and O–H groups in total. The lowest BCUT2D eigenvalue weighted by atomic mass is 9.97. The summed E-state index contributed by atoms with van der Waals surface area (Å²) < 4.78 is 0. The minimum atomic E-state index is -1.28. The Balaban J connectivity index is 4.01. The zero-order valence-corrected chi connectivity index (χ0v) is 9.95. The molecule has 0 radical (unpaired) electrons. The van der Waals surface area contributed by atoms with Crippen molar-refractivity contribution in [1.29, 1.82) is 0 Å². The highest BCUT2D eigenvalue weighted by Crippen LogP contribution is 2.13. The number of unbranched alkanes of at least 4 members (excludes halogenated alkanes) is 1. The van der Waals surface area contributed by atoms with Crippen LogP contribution in [0.15, 0.2) is 0 Å². The maximum atomic E-state index is 9.55. The lowest BCUT2D eigenvalue weighted by Gasteiger charge is -2.25. The highest BCUT2D eigenvalue weighted by atomic mass is 16.4. The first-order valence-electron chi connectivity index (χ1n) is 5.80. The molecule has 0 aromatic rings. The molecule has 5 heteroatoms. The molecule has 0 aliphatic rings. The van der Waals surface area contributed by atoms with Gasteiger partial charge in [-0.3, -0.25) is 0 Å². The van der Waals surface area contributed by atoms with Gasteiger partial charge in [-0.2, -0.15) is 0 Å². The Hall–Kier alpha value is -0.200. The van der Waals surface area contributed by atoms with Crippen molar-refractivity contribution in [3.8, 4) is 0 Å². The van der Waals surface area contributed by atoms with Crippen LogP contribution in [0.25, 0.3) is 0 Å². The third-order valence-corrected chi connectivity index (χ3v) is 2.68. The normalized spacial score (nSPS) is 21.2. The highest BCUT2D eigenvalue weighted by molar-refractivity contribution is 4.78. The van der Waals surface area contributed by atoms with Gasteiger partial charge in [-0.05, 0) is 13.3 Å². The molecule has 0 rings (SSSR count). The van der Waals surface area contributed by atoms with Crippen LogP contribution in [0.1, 0.15) is 39.5 Å². The smallest absolute Gasteiger partial charge is 0.106 e. The van der Waals surface area contributed by atoms with Crippen LogP contribution in [0.5, 0.6) is 0 Å². The molecule has 0 heterocycles. The van der Waals surface area contributed by atoms with Crippen LogP contribution >= 0.6 is 0 Å². The van der Waals surface area contributed by atoms with Crippen LogP contribution in [-0.4, -0.2) is 56.1 Å². The number of aliphatic hydroxyl groups excluding tert-OH is 5. The molecule has 5 unspecified atom stereocenters. The first kappa shape index (κ1) is 15.8. The van der Waals surface area contributed by atoms with Gasteiger partial charge < -0.3 is 25.5 Å². The van der Waals surface area contributed by atoms with Gasteiger partial charge in [0.25, 0.3) is 0 Å². The minimum absolute atomic E-state index is 0.151. The summed E-state index contributed by atoms with van der Waals surface area (Å²) in [5.74, 6) is 0. The standard InChI is InChI=1S/C11H24O5/c1-3-4-5-8(13)11(16)10(15)6-9(14)7(2)12/h7-16H,3-6H2,1-2H3. The molecule has 0 amide bonds. The number of aliphatic hydroxyl groups is 5. The van der Waals surface area contributed by atoms with Crippen LogP contribution in [0, 0.1) is 0 Å². The zero-order chi connectivity index (χ0) is 12.7. The summed E-state index contributed by atoms with van der Waals surface area (Å²) in [6, 6.07) is 0. The Morgan fingerprint density at radius 3 is 1.88 bits per heavy atom. The average Bonchev–Trinajstić information content (AvgIpc) is 2.24. The van der Waals surface area contributed by atoms with E-state index in [1.54, 1.807) is 0 Å². The van der Waals surface area contributed by atoms with Gasteiger partial charge in [0.05, 0.1) is 24.4 Å². The molecule has 0 fully saturated rings. The van der Waals surface area contributed by atoms with E-state index in [0.29, 0.717) is 6.42 Å². The van der Waals surface area contributed by atoms with Crippen molar-refractivity contribution >= 4 is 0 Å². The van der Waals surface area contributed by atoms with Gasteiger partial charge in [-0.1, -0.05) is 19.8 Å². The summed E-state index contributed by atoms with van der Waals surface area (Å²) in [5.41, 5.74) is 0. The van der Waals surface area contributed by atoms with E-state index in [9.17, 15) is 20.4 Å². The van der Waals surface area contributed by atoms with Gasteiger partial charge in [0.1, 0.15) is 6.10 Å². The lowest BCUT2D eigenvalue weighted by Crippen LogP contribution is -2.41. The predicted octanol–water partition coefficient (Wildman–Crippen LogP) is -0.609. The Bertz CT molecular complexity index is 174. The van der Waals surface area contributed by atoms with Crippen LogP contribution in [0.2, 0.25) is 0 Å². The highest BCUT2D eigenvalue weighted by Gasteiger charge is 2.27. The summed E-state index contributed by atoms with van der Waals surface area (Å²) in [6.07, 6.45) is -3.62. The van der Waals surface area contributed by atoms with Crippen LogP contribution in [0.4, 0.5) is 0 Å². The molecule has 0 saturated heterocycles. The third-order valence-electron chi connectivity index (χ3n) is 2.68. The largest absolute Gasteiger partial charge is 0.391 e. The fraction of sp³-hybridized carbons (Fsp3) is 1.00. The van der Waals surface area contributed by atoms with Gasteiger partial charge >= 0.3 is 0 Å². The summed E-state index contributed by atoms with van der Waals surface area (Å²) in [7, 11) is 0. The van der Waals surface area contributed by atoms with Crippen molar-refractivity contribution in [2.45, 2.75) is 70.1 Å². The van der Waals surface area contributed by atoms with E-state index in [2.05, 4.69) is 0 Å². The van der Waals surface area contributed by atoms with Crippen molar-refractivity contribution < 1.29 is 25.5 Å². The summed E-state index contributed by atoms with van der Waals surface area (Å²) >= 11 is 0. The molecule has 5 atom stereocenters. The van der Waals surface area contributed by atoms with Crippen LogP contribution in [-0.2, 0) is 0 Å². The fourth-order valence-corrected chi connectivity index (χ4v) is 1.42. The molecule has 0 aromatic carbocycles. The molecule has 0 aliphatic carbocycles. The molecular formula is C11H24O5. The van der Waals surface area contributed by atoms with E-state index in [0.717, 1.165) is 12.8 Å². The summed E-state index contributed by atoms with van der Waals surface area (Å²) in [5, 5.41) is 46.9. The number of hydrogen-bond donors (Lipinski definition) is 5. The molecule has 16 heavy (non-hydrogen) atoms. The Morgan fingerprint density at radius 2 is 1.44 bits per heavy atom. The molecule has 0 spiro atoms. The van der Waals surface area contributed by atoms with E-state index in [-0.39, 0.29) is 6.42 Å². The maximum Gasteiger partial charge on any atom is 0.106 e. The van der Waals surface area contributed by atoms with Gasteiger partial charge in [0.2, 0.25) is 0 Å². The third kappa shape index (κ3) is 5.77. The van der Waals surface area contributed by atoms with Crippen molar-refractivity contribution in [3.63, 3.8) is 0 Å². The average molecular weight is 236 g/mol. The van der Waals surface area contributed by atoms with E-state index >= 15 is 0 Å². The van der Waals surface area contributed by atoms with Crippen molar-refractivity contribution in [3.05, 3.63) is 0 Å². The molecule has 0 bridgehead atoms. The van der Waals surface area contributed by atoms with E-state index in [1.807, 2.05) is 6.92 Å². The van der Waals surface area contributed by atoms with Crippen molar-refractivity contribution in [2.24, 2.45) is 0 Å². The summed E-state index contributed by atoms with van der Waals surface area (Å²) in [6.45, 7) is 3.37. The number of hydrogen-bond acceptors (Lipinski definition) is 5. The second-order valence-electron chi connectivity index (χ2n) is 4.31. The first-order valence-corrected chi connectivity index (χ1v) is 5.80. The second-order valence-corrected chi connectivity index (χ2v) is 4.31. The zero-order valence-electron chi connectivity index (χ0n) is 9.95. The van der Waals surface area contributed by atoms with Gasteiger partial charge in [0, 0.05) is 6.42 Å². The van der Waals surface area contributed by atoms with E-state index in [1.165, 1.54) is 6.92 Å².